The smallest absolute Gasteiger partial charge is 0.348 e. The van der Waals surface area contributed by atoms with Crippen LogP contribution in [0.1, 0.15) is 13.3 Å². The number of rotatable bonds is 6. The molecule has 0 fully saturated rings. The zero-order valence-electron chi connectivity index (χ0n) is 8.19. The van der Waals surface area contributed by atoms with Gasteiger partial charge in [0, 0.05) is 13.1 Å². The van der Waals surface area contributed by atoms with E-state index in [0.717, 1.165) is 0 Å². The van der Waals surface area contributed by atoms with Crippen LogP contribution in [0, 0.1) is 0 Å². The number of carbonyl (C=O) groups excluding carboxylic acids is 2. The molecule has 0 aliphatic carbocycles. The van der Waals surface area contributed by atoms with Gasteiger partial charge in [-0.1, -0.05) is 0 Å². The van der Waals surface area contributed by atoms with Crippen molar-refractivity contribution in [3.8, 4) is 0 Å². The van der Waals surface area contributed by atoms with Crippen LogP contribution in [0.3, 0.4) is 0 Å². The number of nitrogens with two attached hydrogens (primary N) is 2. The van der Waals surface area contributed by atoms with Gasteiger partial charge in [-0.2, -0.15) is 0 Å². The summed E-state index contributed by atoms with van der Waals surface area (Å²) >= 11 is 0. The SMILES string of the molecule is CCOC(=O)C(CN)OC(=O)CCN. The molecule has 0 radical (unpaired) electrons. The van der Waals surface area contributed by atoms with Crippen LogP contribution < -0.4 is 11.5 Å². The molecule has 4 N–H and O–H groups in total. The average molecular weight is 204 g/mol. The van der Waals surface area contributed by atoms with E-state index in [1.165, 1.54) is 0 Å². The molecule has 6 nitrogen and oxygen atoms in total. The van der Waals surface area contributed by atoms with E-state index in [-0.39, 0.29) is 26.1 Å². The first-order valence-electron chi connectivity index (χ1n) is 4.41. The fourth-order valence-electron chi connectivity index (χ4n) is 0.763. The molecule has 14 heavy (non-hydrogen) atoms. The van der Waals surface area contributed by atoms with Crippen molar-refractivity contribution in [1.82, 2.24) is 0 Å². The summed E-state index contributed by atoms with van der Waals surface area (Å²) in [4.78, 5) is 22.1. The summed E-state index contributed by atoms with van der Waals surface area (Å²) in [6, 6.07) is 0. The van der Waals surface area contributed by atoms with E-state index in [1.54, 1.807) is 6.92 Å². The van der Waals surface area contributed by atoms with Crippen LogP contribution in [0.5, 0.6) is 0 Å². The van der Waals surface area contributed by atoms with Gasteiger partial charge in [0.05, 0.1) is 13.0 Å². The van der Waals surface area contributed by atoms with Crippen molar-refractivity contribution >= 4 is 11.9 Å². The average Bonchev–Trinajstić information content (AvgIpc) is 2.15. The van der Waals surface area contributed by atoms with Gasteiger partial charge in [-0.3, -0.25) is 4.79 Å². The second-order valence-electron chi connectivity index (χ2n) is 2.50. The van der Waals surface area contributed by atoms with Crippen molar-refractivity contribution in [2.45, 2.75) is 19.4 Å². The zero-order valence-corrected chi connectivity index (χ0v) is 8.19. The lowest BCUT2D eigenvalue weighted by Gasteiger charge is -2.13. The van der Waals surface area contributed by atoms with Crippen molar-refractivity contribution in [1.29, 1.82) is 0 Å². The standard InChI is InChI=1S/C8H16N2O4/c1-2-13-8(12)6(5-10)14-7(11)3-4-9/h6H,2-5,9-10H2,1H3. The molecular formula is C8H16N2O4. The molecule has 0 aromatic rings. The molecule has 6 heteroatoms. The second kappa shape index (κ2) is 7.28. The largest absolute Gasteiger partial charge is 0.463 e. The second-order valence-corrected chi connectivity index (χ2v) is 2.50. The van der Waals surface area contributed by atoms with Crippen molar-refractivity contribution in [3.05, 3.63) is 0 Å². The first-order valence-corrected chi connectivity index (χ1v) is 4.41. The molecule has 0 spiro atoms. The number of ether oxygens (including phenoxy) is 2. The molecule has 0 aliphatic rings. The minimum absolute atomic E-state index is 0.0654. The lowest BCUT2D eigenvalue weighted by molar-refractivity contribution is -0.166. The monoisotopic (exact) mass is 204 g/mol. The van der Waals surface area contributed by atoms with Crippen LogP contribution in [0.25, 0.3) is 0 Å². The highest BCUT2D eigenvalue weighted by atomic mass is 16.6. The van der Waals surface area contributed by atoms with E-state index in [4.69, 9.17) is 16.2 Å². The molecule has 1 unspecified atom stereocenters. The summed E-state index contributed by atoms with van der Waals surface area (Å²) in [5, 5.41) is 0. The van der Waals surface area contributed by atoms with Crippen LogP contribution in [0.4, 0.5) is 0 Å². The van der Waals surface area contributed by atoms with Gasteiger partial charge in [-0.15, -0.1) is 0 Å². The molecule has 1 atom stereocenters. The minimum Gasteiger partial charge on any atom is -0.463 e. The molecule has 82 valence electrons. The highest BCUT2D eigenvalue weighted by molar-refractivity contribution is 5.79. The highest BCUT2D eigenvalue weighted by Gasteiger charge is 2.21. The zero-order chi connectivity index (χ0) is 11.0. The molecule has 0 saturated heterocycles. The van der Waals surface area contributed by atoms with Gasteiger partial charge >= 0.3 is 11.9 Å². The maximum absolute atomic E-state index is 11.1. The van der Waals surface area contributed by atoms with Crippen LogP contribution in [0.15, 0.2) is 0 Å². The van der Waals surface area contributed by atoms with Crippen molar-refractivity contribution < 1.29 is 19.1 Å². The fraction of sp³-hybridized carbons (Fsp3) is 0.750. The van der Waals surface area contributed by atoms with Gasteiger partial charge in [0.25, 0.3) is 0 Å². The van der Waals surface area contributed by atoms with Crippen LogP contribution >= 0.6 is 0 Å². The molecule has 0 rings (SSSR count). The van der Waals surface area contributed by atoms with Crippen molar-refractivity contribution in [2.24, 2.45) is 11.5 Å². The van der Waals surface area contributed by atoms with E-state index in [9.17, 15) is 9.59 Å². The summed E-state index contributed by atoms with van der Waals surface area (Å²) in [7, 11) is 0. The van der Waals surface area contributed by atoms with Gasteiger partial charge in [0.15, 0.2) is 0 Å². The summed E-state index contributed by atoms with van der Waals surface area (Å²) < 4.78 is 9.38. The summed E-state index contributed by atoms with van der Waals surface area (Å²) in [6.45, 7) is 1.98. The molecular weight excluding hydrogens is 188 g/mol. The Balaban J connectivity index is 4.01. The maximum atomic E-state index is 11.1. The van der Waals surface area contributed by atoms with Gasteiger partial charge in [-0.05, 0) is 6.92 Å². The predicted molar refractivity (Wildman–Crippen MR) is 49.2 cm³/mol. The molecule has 0 heterocycles. The Bertz CT molecular complexity index is 196. The predicted octanol–water partition coefficient (Wildman–Crippen LogP) is -1.23. The quantitative estimate of drug-likeness (QED) is 0.525. The molecule has 0 aromatic carbocycles. The van der Waals surface area contributed by atoms with Crippen molar-refractivity contribution in [3.63, 3.8) is 0 Å². The first-order chi connectivity index (χ1) is 6.65. The van der Waals surface area contributed by atoms with Crippen LogP contribution in [0.2, 0.25) is 0 Å². The Hall–Kier alpha value is -1.14. The molecule has 0 aliphatic heterocycles. The van der Waals surface area contributed by atoms with Crippen LogP contribution in [-0.4, -0.2) is 37.7 Å². The Kier molecular flexibility index (Phi) is 6.69. The Morgan fingerprint density at radius 1 is 1.36 bits per heavy atom. The summed E-state index contributed by atoms with van der Waals surface area (Å²) in [6.07, 6.45) is -0.954. The number of esters is 2. The van der Waals surface area contributed by atoms with Gasteiger partial charge < -0.3 is 20.9 Å². The normalized spacial score (nSPS) is 11.9. The molecule has 0 saturated carbocycles. The molecule has 0 amide bonds. The van der Waals surface area contributed by atoms with E-state index in [1.807, 2.05) is 0 Å². The van der Waals surface area contributed by atoms with E-state index in [0.29, 0.717) is 0 Å². The number of carbonyl (C=O) groups is 2. The van der Waals surface area contributed by atoms with Gasteiger partial charge in [-0.25, -0.2) is 4.79 Å². The number of hydrogen-bond acceptors (Lipinski definition) is 6. The third kappa shape index (κ3) is 4.78. The van der Waals surface area contributed by atoms with E-state index in [2.05, 4.69) is 4.74 Å². The summed E-state index contributed by atoms with van der Waals surface area (Å²) in [5.74, 6) is -1.17. The number of hydrogen-bond donors (Lipinski definition) is 2. The topological polar surface area (TPSA) is 105 Å². The van der Waals surface area contributed by atoms with Crippen molar-refractivity contribution in [2.75, 3.05) is 19.7 Å². The van der Waals surface area contributed by atoms with E-state index >= 15 is 0 Å². The van der Waals surface area contributed by atoms with Gasteiger partial charge in [0.1, 0.15) is 0 Å². The van der Waals surface area contributed by atoms with E-state index < -0.39 is 18.0 Å². The molecule has 0 bridgehead atoms. The lowest BCUT2D eigenvalue weighted by atomic mass is 10.3. The molecule has 0 aromatic heterocycles. The third-order valence-electron chi connectivity index (χ3n) is 1.39. The van der Waals surface area contributed by atoms with Crippen LogP contribution in [-0.2, 0) is 19.1 Å². The third-order valence-corrected chi connectivity index (χ3v) is 1.39. The highest BCUT2D eigenvalue weighted by Crippen LogP contribution is 1.96. The summed E-state index contributed by atoms with van der Waals surface area (Å²) in [5.41, 5.74) is 10.4. The van der Waals surface area contributed by atoms with Gasteiger partial charge in [0.2, 0.25) is 6.10 Å². The first kappa shape index (κ1) is 12.9. The lowest BCUT2D eigenvalue weighted by Crippen LogP contribution is -2.36. The minimum atomic E-state index is -1.02. The Labute approximate surface area is 82.5 Å². The fourth-order valence-corrected chi connectivity index (χ4v) is 0.763. The maximum Gasteiger partial charge on any atom is 0.348 e. The Morgan fingerprint density at radius 2 is 2.00 bits per heavy atom. The Morgan fingerprint density at radius 3 is 2.43 bits per heavy atom.